The number of carbonyl (C=O) groups is 1. The molecule has 6 heteroatoms. The van der Waals surface area contributed by atoms with Crippen molar-refractivity contribution in [2.75, 3.05) is 0 Å². The average molecular weight is 349 g/mol. The predicted octanol–water partition coefficient (Wildman–Crippen LogP) is 5.00. The van der Waals surface area contributed by atoms with Gasteiger partial charge in [-0.2, -0.15) is 5.10 Å². The van der Waals surface area contributed by atoms with Gasteiger partial charge in [0.25, 0.3) is 5.91 Å². The first-order valence-electron chi connectivity index (χ1n) is 6.63. The minimum Gasteiger partial charge on any atom is -0.266 e. The number of thiophene rings is 2. The number of fused-ring (bicyclic) bond motifs is 1. The maximum atomic E-state index is 12.2. The Labute approximate surface area is 141 Å². The third-order valence-corrected chi connectivity index (χ3v) is 5.70. The number of benzene rings is 1. The monoisotopic (exact) mass is 348 g/mol. The molecular formula is C16H13ClN2OS2. The van der Waals surface area contributed by atoms with Crippen LogP contribution in [0.5, 0.6) is 0 Å². The summed E-state index contributed by atoms with van der Waals surface area (Å²) in [4.78, 5) is 14.9. The van der Waals surface area contributed by atoms with Crippen LogP contribution in [-0.2, 0) is 0 Å². The lowest BCUT2D eigenvalue weighted by molar-refractivity contribution is 0.0959. The van der Waals surface area contributed by atoms with Gasteiger partial charge >= 0.3 is 0 Å². The van der Waals surface area contributed by atoms with Crippen molar-refractivity contribution in [2.24, 2.45) is 5.10 Å². The SMILES string of the molecule is Cc1ccc2c(Cl)c(C(=O)NN=Cc3ccc(C)s3)sc2c1. The topological polar surface area (TPSA) is 41.5 Å². The number of amides is 1. The van der Waals surface area contributed by atoms with Crippen molar-refractivity contribution in [1.82, 2.24) is 5.43 Å². The highest BCUT2D eigenvalue weighted by Gasteiger charge is 2.16. The molecule has 1 amide bonds. The van der Waals surface area contributed by atoms with Crippen molar-refractivity contribution >= 4 is 56.5 Å². The Morgan fingerprint density at radius 1 is 1.23 bits per heavy atom. The molecule has 0 fully saturated rings. The summed E-state index contributed by atoms with van der Waals surface area (Å²) in [6, 6.07) is 9.93. The fourth-order valence-electron chi connectivity index (χ4n) is 2.05. The highest BCUT2D eigenvalue weighted by molar-refractivity contribution is 7.21. The average Bonchev–Trinajstić information content (AvgIpc) is 3.03. The van der Waals surface area contributed by atoms with E-state index in [-0.39, 0.29) is 5.91 Å². The smallest absolute Gasteiger partial charge is 0.266 e. The number of nitrogens with zero attached hydrogens (tertiary/aromatic N) is 1. The molecule has 0 aliphatic rings. The van der Waals surface area contributed by atoms with Crippen LogP contribution < -0.4 is 5.43 Å². The molecule has 3 rings (SSSR count). The van der Waals surface area contributed by atoms with Gasteiger partial charge < -0.3 is 0 Å². The van der Waals surface area contributed by atoms with Crippen molar-refractivity contribution in [3.05, 3.63) is 55.5 Å². The zero-order valence-electron chi connectivity index (χ0n) is 12.0. The van der Waals surface area contributed by atoms with Gasteiger partial charge in [-0.25, -0.2) is 5.43 Å². The first kappa shape index (κ1) is 15.2. The van der Waals surface area contributed by atoms with Gasteiger partial charge in [-0.1, -0.05) is 23.7 Å². The number of hydrogen-bond donors (Lipinski definition) is 1. The molecule has 112 valence electrons. The molecule has 0 unspecified atom stereocenters. The lowest BCUT2D eigenvalue weighted by atomic mass is 10.2. The van der Waals surface area contributed by atoms with Crippen LogP contribution in [0.4, 0.5) is 0 Å². The number of aryl methyl sites for hydroxylation is 2. The molecule has 0 saturated heterocycles. The second-order valence-electron chi connectivity index (χ2n) is 4.89. The molecule has 0 aliphatic carbocycles. The summed E-state index contributed by atoms with van der Waals surface area (Å²) in [6.45, 7) is 4.04. The molecule has 0 atom stereocenters. The van der Waals surface area contributed by atoms with Gasteiger partial charge in [-0.15, -0.1) is 22.7 Å². The lowest BCUT2D eigenvalue weighted by Crippen LogP contribution is -2.16. The molecular weight excluding hydrogens is 336 g/mol. The van der Waals surface area contributed by atoms with Crippen LogP contribution in [0.1, 0.15) is 25.0 Å². The third-order valence-electron chi connectivity index (χ3n) is 3.11. The summed E-state index contributed by atoms with van der Waals surface area (Å²) in [6.07, 6.45) is 1.64. The summed E-state index contributed by atoms with van der Waals surface area (Å²) < 4.78 is 1.01. The number of halogens is 1. The van der Waals surface area contributed by atoms with Gasteiger partial charge in [0.15, 0.2) is 0 Å². The molecule has 22 heavy (non-hydrogen) atoms. The quantitative estimate of drug-likeness (QED) is 0.525. The van der Waals surface area contributed by atoms with Crippen LogP contribution in [0.3, 0.4) is 0 Å². The third kappa shape index (κ3) is 3.06. The van der Waals surface area contributed by atoms with Gasteiger partial charge in [0.1, 0.15) is 4.88 Å². The van der Waals surface area contributed by atoms with Crippen molar-refractivity contribution in [3.8, 4) is 0 Å². The Morgan fingerprint density at radius 2 is 2.05 bits per heavy atom. The van der Waals surface area contributed by atoms with E-state index in [1.807, 2.05) is 44.2 Å². The van der Waals surface area contributed by atoms with E-state index in [1.54, 1.807) is 17.6 Å². The van der Waals surface area contributed by atoms with Crippen LogP contribution in [0.25, 0.3) is 10.1 Å². The molecule has 3 nitrogen and oxygen atoms in total. The second-order valence-corrected chi connectivity index (χ2v) is 7.64. The normalized spacial score (nSPS) is 11.4. The number of hydrazone groups is 1. The summed E-state index contributed by atoms with van der Waals surface area (Å²) in [5.74, 6) is -0.284. The highest BCUT2D eigenvalue weighted by Crippen LogP contribution is 2.35. The highest BCUT2D eigenvalue weighted by atomic mass is 35.5. The maximum Gasteiger partial charge on any atom is 0.283 e. The summed E-state index contributed by atoms with van der Waals surface area (Å²) in [5.41, 5.74) is 3.68. The zero-order chi connectivity index (χ0) is 15.7. The largest absolute Gasteiger partial charge is 0.283 e. The second kappa shape index (κ2) is 6.20. The van der Waals surface area contributed by atoms with E-state index in [0.29, 0.717) is 9.90 Å². The van der Waals surface area contributed by atoms with Gasteiger partial charge in [0, 0.05) is 19.8 Å². The first-order valence-corrected chi connectivity index (χ1v) is 8.64. The van der Waals surface area contributed by atoms with E-state index in [0.717, 1.165) is 20.5 Å². The Bertz CT molecular complexity index is 880. The maximum absolute atomic E-state index is 12.2. The van der Waals surface area contributed by atoms with E-state index >= 15 is 0 Å². The van der Waals surface area contributed by atoms with Crippen molar-refractivity contribution < 1.29 is 4.79 Å². The molecule has 0 saturated carbocycles. The molecule has 1 aromatic carbocycles. The van der Waals surface area contributed by atoms with E-state index in [1.165, 1.54) is 16.2 Å². The van der Waals surface area contributed by atoms with E-state index in [2.05, 4.69) is 10.5 Å². The molecule has 0 spiro atoms. The number of nitrogens with one attached hydrogen (secondary N) is 1. The summed E-state index contributed by atoms with van der Waals surface area (Å²) in [7, 11) is 0. The number of hydrogen-bond acceptors (Lipinski definition) is 4. The molecule has 0 aliphatic heterocycles. The molecule has 1 N–H and O–H groups in total. The molecule has 3 aromatic rings. The fraction of sp³-hybridized carbons (Fsp3) is 0.125. The van der Waals surface area contributed by atoms with Crippen LogP contribution in [0, 0.1) is 13.8 Å². The van der Waals surface area contributed by atoms with Crippen LogP contribution in [0.2, 0.25) is 5.02 Å². The lowest BCUT2D eigenvalue weighted by Gasteiger charge is -1.96. The van der Waals surface area contributed by atoms with Crippen LogP contribution in [0.15, 0.2) is 35.4 Å². The fourth-order valence-corrected chi connectivity index (χ4v) is 4.30. The standard InChI is InChI=1S/C16H13ClN2OS2/c1-9-3-6-12-13(7-9)22-15(14(12)17)16(20)19-18-8-11-5-4-10(2)21-11/h3-8H,1-2H3,(H,19,20). The van der Waals surface area contributed by atoms with Crippen molar-refractivity contribution in [1.29, 1.82) is 0 Å². The molecule has 2 aromatic heterocycles. The van der Waals surface area contributed by atoms with Gasteiger partial charge in [-0.05, 0) is 37.6 Å². The Balaban J connectivity index is 1.80. The summed E-state index contributed by atoms with van der Waals surface area (Å²) >= 11 is 9.30. The molecule has 0 radical (unpaired) electrons. The van der Waals surface area contributed by atoms with E-state index < -0.39 is 0 Å². The van der Waals surface area contributed by atoms with E-state index in [9.17, 15) is 4.79 Å². The van der Waals surface area contributed by atoms with Crippen molar-refractivity contribution in [3.63, 3.8) is 0 Å². The predicted molar refractivity (Wildman–Crippen MR) is 95.7 cm³/mol. The number of rotatable bonds is 3. The van der Waals surface area contributed by atoms with Crippen LogP contribution >= 0.6 is 34.3 Å². The Hall–Kier alpha value is -1.69. The van der Waals surface area contributed by atoms with Gasteiger partial charge in [-0.3, -0.25) is 4.79 Å². The van der Waals surface area contributed by atoms with Crippen molar-refractivity contribution in [2.45, 2.75) is 13.8 Å². The summed E-state index contributed by atoms with van der Waals surface area (Å²) in [5, 5.41) is 5.38. The van der Waals surface area contributed by atoms with Crippen LogP contribution in [-0.4, -0.2) is 12.1 Å². The minimum absolute atomic E-state index is 0.284. The van der Waals surface area contributed by atoms with Gasteiger partial charge in [0.05, 0.1) is 11.2 Å². The zero-order valence-corrected chi connectivity index (χ0v) is 14.4. The Morgan fingerprint density at radius 3 is 2.77 bits per heavy atom. The Kier molecular flexibility index (Phi) is 4.29. The minimum atomic E-state index is -0.284. The van der Waals surface area contributed by atoms with E-state index in [4.69, 9.17) is 11.6 Å². The van der Waals surface area contributed by atoms with Gasteiger partial charge in [0.2, 0.25) is 0 Å². The number of carbonyl (C=O) groups excluding carboxylic acids is 1. The molecule has 2 heterocycles. The molecule has 0 bridgehead atoms. The first-order chi connectivity index (χ1) is 10.5.